The lowest BCUT2D eigenvalue weighted by atomic mass is 9.92. The fourth-order valence-electron chi connectivity index (χ4n) is 3.56. The van der Waals surface area contributed by atoms with Gasteiger partial charge in [0.25, 0.3) is 0 Å². The number of carbonyl (C=O) groups excluding carboxylic acids is 1. The Bertz CT molecular complexity index is 623. The summed E-state index contributed by atoms with van der Waals surface area (Å²) >= 11 is 0. The van der Waals surface area contributed by atoms with Gasteiger partial charge in [0.1, 0.15) is 0 Å². The Kier molecular flexibility index (Phi) is 5.24. The van der Waals surface area contributed by atoms with Gasteiger partial charge in [0.15, 0.2) is 5.78 Å². The lowest BCUT2D eigenvalue weighted by molar-refractivity contribution is 0.0853. The van der Waals surface area contributed by atoms with Crippen LogP contribution in [0.3, 0.4) is 0 Å². The quantitative estimate of drug-likeness (QED) is 0.744. The van der Waals surface area contributed by atoms with E-state index < -0.39 is 0 Å². The fraction of sp³-hybridized carbons (Fsp3) is 0.381. The number of hydrogen-bond donors (Lipinski definition) is 0. The first-order valence-electron chi connectivity index (χ1n) is 8.61. The van der Waals surface area contributed by atoms with Gasteiger partial charge < -0.3 is 0 Å². The molecular weight excluding hydrogens is 282 g/mol. The second kappa shape index (κ2) is 7.56. The van der Waals surface area contributed by atoms with Crippen LogP contribution in [0, 0.1) is 5.92 Å². The summed E-state index contributed by atoms with van der Waals surface area (Å²) in [6.07, 6.45) is 3.08. The van der Waals surface area contributed by atoms with E-state index in [9.17, 15) is 4.79 Å². The summed E-state index contributed by atoms with van der Waals surface area (Å²) < 4.78 is 0. The summed E-state index contributed by atoms with van der Waals surface area (Å²) in [5.41, 5.74) is 2.07. The predicted octanol–water partition coefficient (Wildman–Crippen LogP) is 4.73. The van der Waals surface area contributed by atoms with Crippen molar-refractivity contribution in [1.29, 1.82) is 0 Å². The minimum absolute atomic E-state index is 0.187. The maximum Gasteiger partial charge on any atom is 0.164 e. The van der Waals surface area contributed by atoms with Gasteiger partial charge in [-0.1, -0.05) is 67.6 Å². The standard InChI is InChI=1S/C21H25NO/c1-17-9-8-14-22(16-17)20(18-10-4-2-5-11-18)15-21(23)19-12-6-3-7-13-19/h2-7,10-13,17,20H,8-9,14-16H2,1H3. The van der Waals surface area contributed by atoms with E-state index >= 15 is 0 Å². The van der Waals surface area contributed by atoms with E-state index in [-0.39, 0.29) is 11.8 Å². The molecule has 2 nitrogen and oxygen atoms in total. The zero-order chi connectivity index (χ0) is 16.1. The van der Waals surface area contributed by atoms with Crippen molar-refractivity contribution in [2.45, 2.75) is 32.2 Å². The van der Waals surface area contributed by atoms with Crippen LogP contribution in [0.1, 0.15) is 48.1 Å². The molecule has 0 saturated carbocycles. The van der Waals surface area contributed by atoms with Crippen LogP contribution in [0.15, 0.2) is 60.7 Å². The largest absolute Gasteiger partial charge is 0.296 e. The van der Waals surface area contributed by atoms with Crippen molar-refractivity contribution in [3.05, 3.63) is 71.8 Å². The molecule has 2 unspecified atom stereocenters. The summed E-state index contributed by atoms with van der Waals surface area (Å²) in [5.74, 6) is 0.944. The monoisotopic (exact) mass is 307 g/mol. The highest BCUT2D eigenvalue weighted by Gasteiger charge is 2.27. The predicted molar refractivity (Wildman–Crippen MR) is 94.5 cm³/mol. The van der Waals surface area contributed by atoms with Gasteiger partial charge in [-0.3, -0.25) is 9.69 Å². The van der Waals surface area contributed by atoms with Gasteiger partial charge in [0, 0.05) is 24.6 Å². The Labute approximate surface area is 139 Å². The lowest BCUT2D eigenvalue weighted by Crippen LogP contribution is -2.38. The van der Waals surface area contributed by atoms with Gasteiger partial charge >= 0.3 is 0 Å². The second-order valence-electron chi connectivity index (χ2n) is 6.66. The number of piperidine rings is 1. The second-order valence-corrected chi connectivity index (χ2v) is 6.66. The summed E-state index contributed by atoms with van der Waals surface area (Å²) in [6.45, 7) is 4.49. The molecule has 3 rings (SSSR count). The average Bonchev–Trinajstić information content (AvgIpc) is 2.61. The molecule has 0 aromatic heterocycles. The maximum atomic E-state index is 12.7. The number of hydrogen-bond acceptors (Lipinski definition) is 2. The zero-order valence-corrected chi connectivity index (χ0v) is 13.8. The lowest BCUT2D eigenvalue weighted by Gasteiger charge is -2.37. The smallest absolute Gasteiger partial charge is 0.164 e. The first-order chi connectivity index (χ1) is 11.2. The van der Waals surface area contributed by atoms with Crippen molar-refractivity contribution >= 4 is 5.78 Å². The molecule has 120 valence electrons. The maximum absolute atomic E-state index is 12.7. The van der Waals surface area contributed by atoms with E-state index in [4.69, 9.17) is 0 Å². The van der Waals surface area contributed by atoms with Gasteiger partial charge in [0.2, 0.25) is 0 Å². The van der Waals surface area contributed by atoms with Crippen molar-refractivity contribution in [2.75, 3.05) is 13.1 Å². The SMILES string of the molecule is CC1CCCN(C(CC(=O)c2ccccc2)c2ccccc2)C1. The molecule has 1 aliphatic heterocycles. The molecule has 2 aromatic carbocycles. The van der Waals surface area contributed by atoms with E-state index in [0.717, 1.165) is 18.7 Å². The number of Topliss-reactive ketones (excluding diaryl/α,β-unsaturated/α-hetero) is 1. The first kappa shape index (κ1) is 15.9. The van der Waals surface area contributed by atoms with E-state index in [1.165, 1.54) is 18.4 Å². The molecule has 0 aliphatic carbocycles. The van der Waals surface area contributed by atoms with E-state index in [2.05, 4.69) is 36.1 Å². The van der Waals surface area contributed by atoms with Gasteiger partial charge in [-0.2, -0.15) is 0 Å². The van der Waals surface area contributed by atoms with E-state index in [1.54, 1.807) is 0 Å². The summed E-state index contributed by atoms with van der Waals surface area (Å²) in [6, 6.07) is 20.4. The molecule has 2 heteroatoms. The number of carbonyl (C=O) groups is 1. The highest BCUT2D eigenvalue weighted by Crippen LogP contribution is 2.30. The Morgan fingerprint density at radius 1 is 1.09 bits per heavy atom. The van der Waals surface area contributed by atoms with Crippen LogP contribution in [-0.2, 0) is 0 Å². The Hall–Kier alpha value is -1.93. The summed E-state index contributed by atoms with van der Waals surface area (Å²) in [5, 5.41) is 0. The number of likely N-dealkylation sites (tertiary alicyclic amines) is 1. The molecule has 1 saturated heterocycles. The minimum atomic E-state index is 0.187. The average molecular weight is 307 g/mol. The van der Waals surface area contributed by atoms with Gasteiger partial charge in [-0.25, -0.2) is 0 Å². The molecule has 1 fully saturated rings. The summed E-state index contributed by atoms with van der Waals surface area (Å²) in [7, 11) is 0. The zero-order valence-electron chi connectivity index (χ0n) is 13.8. The van der Waals surface area contributed by atoms with Crippen LogP contribution in [0.25, 0.3) is 0 Å². The van der Waals surface area contributed by atoms with Crippen molar-refractivity contribution in [3.63, 3.8) is 0 Å². The number of rotatable bonds is 5. The van der Waals surface area contributed by atoms with Gasteiger partial charge in [-0.15, -0.1) is 0 Å². The minimum Gasteiger partial charge on any atom is -0.296 e. The molecule has 2 atom stereocenters. The van der Waals surface area contributed by atoms with Crippen LogP contribution >= 0.6 is 0 Å². The molecule has 0 amide bonds. The Morgan fingerprint density at radius 3 is 2.39 bits per heavy atom. The molecule has 0 spiro atoms. The van der Waals surface area contributed by atoms with E-state index in [0.29, 0.717) is 12.3 Å². The molecule has 0 bridgehead atoms. The molecule has 1 aliphatic rings. The fourth-order valence-corrected chi connectivity index (χ4v) is 3.56. The highest BCUT2D eigenvalue weighted by molar-refractivity contribution is 5.96. The highest BCUT2D eigenvalue weighted by atomic mass is 16.1. The topological polar surface area (TPSA) is 20.3 Å². The number of ketones is 1. The Balaban J connectivity index is 1.82. The normalized spacial score (nSPS) is 20.1. The first-order valence-corrected chi connectivity index (χ1v) is 8.61. The van der Waals surface area contributed by atoms with Crippen LogP contribution in [-0.4, -0.2) is 23.8 Å². The van der Waals surface area contributed by atoms with Crippen molar-refractivity contribution < 1.29 is 4.79 Å². The van der Waals surface area contributed by atoms with Crippen molar-refractivity contribution in [3.8, 4) is 0 Å². The van der Waals surface area contributed by atoms with Crippen molar-refractivity contribution in [1.82, 2.24) is 4.90 Å². The molecule has 23 heavy (non-hydrogen) atoms. The third kappa shape index (κ3) is 4.08. The molecule has 1 heterocycles. The van der Waals surface area contributed by atoms with Crippen LogP contribution in [0.5, 0.6) is 0 Å². The van der Waals surface area contributed by atoms with E-state index in [1.807, 2.05) is 36.4 Å². The van der Waals surface area contributed by atoms with Crippen LogP contribution < -0.4 is 0 Å². The third-order valence-corrected chi connectivity index (χ3v) is 4.79. The van der Waals surface area contributed by atoms with Crippen molar-refractivity contribution in [2.24, 2.45) is 5.92 Å². The molecule has 0 radical (unpaired) electrons. The third-order valence-electron chi connectivity index (χ3n) is 4.79. The number of benzene rings is 2. The van der Waals surface area contributed by atoms with Gasteiger partial charge in [0.05, 0.1) is 0 Å². The molecule has 0 N–H and O–H groups in total. The van der Waals surface area contributed by atoms with Crippen LogP contribution in [0.2, 0.25) is 0 Å². The summed E-state index contributed by atoms with van der Waals surface area (Å²) in [4.78, 5) is 15.2. The molecular formula is C21H25NO. The van der Waals surface area contributed by atoms with Crippen LogP contribution in [0.4, 0.5) is 0 Å². The Morgan fingerprint density at radius 2 is 1.74 bits per heavy atom. The molecule has 2 aromatic rings. The number of nitrogens with zero attached hydrogens (tertiary/aromatic N) is 1. The van der Waals surface area contributed by atoms with Gasteiger partial charge in [-0.05, 0) is 30.9 Å².